The number of aromatic nitrogens is 4. The Kier molecular flexibility index (Phi) is 3.77. The van der Waals surface area contributed by atoms with Crippen LogP contribution in [-0.2, 0) is 24.9 Å². The Morgan fingerprint density at radius 3 is 3.06 bits per heavy atom. The Labute approximate surface area is 100 Å². The molecule has 2 rings (SSSR count). The first kappa shape index (κ1) is 11.7. The average molecular weight is 235 g/mol. The molecular weight excluding hydrogens is 218 g/mol. The lowest BCUT2D eigenvalue weighted by Gasteiger charge is -2.03. The van der Waals surface area contributed by atoms with E-state index in [1.54, 1.807) is 19.5 Å². The molecular formula is C11H17N5O. The summed E-state index contributed by atoms with van der Waals surface area (Å²) in [6.45, 7) is 2.13. The Morgan fingerprint density at radius 1 is 1.47 bits per heavy atom. The number of hydrogen-bond acceptors (Lipinski definition) is 4. The summed E-state index contributed by atoms with van der Waals surface area (Å²) in [7, 11) is 3.66. The molecule has 0 aliphatic carbocycles. The van der Waals surface area contributed by atoms with Gasteiger partial charge in [0.25, 0.3) is 0 Å². The zero-order valence-corrected chi connectivity index (χ0v) is 10.1. The number of anilines is 1. The molecule has 6 nitrogen and oxygen atoms in total. The summed E-state index contributed by atoms with van der Waals surface area (Å²) in [5, 5.41) is 7.50. The number of rotatable bonds is 6. The predicted molar refractivity (Wildman–Crippen MR) is 64.6 cm³/mol. The van der Waals surface area contributed by atoms with E-state index in [1.807, 2.05) is 28.7 Å². The van der Waals surface area contributed by atoms with Gasteiger partial charge in [-0.2, -0.15) is 5.10 Å². The molecule has 0 aliphatic heterocycles. The number of ether oxygens (including phenoxy) is 1. The Balaban J connectivity index is 1.87. The molecule has 0 atom stereocenters. The van der Waals surface area contributed by atoms with Crippen LogP contribution in [0.15, 0.2) is 24.8 Å². The summed E-state index contributed by atoms with van der Waals surface area (Å²) in [5.74, 6) is 0.995. The van der Waals surface area contributed by atoms with E-state index >= 15 is 0 Å². The highest BCUT2D eigenvalue weighted by Gasteiger charge is 2.01. The maximum Gasteiger partial charge on any atom is 0.127 e. The lowest BCUT2D eigenvalue weighted by atomic mass is 10.5. The van der Waals surface area contributed by atoms with Gasteiger partial charge in [-0.15, -0.1) is 0 Å². The van der Waals surface area contributed by atoms with Crippen molar-refractivity contribution < 1.29 is 4.74 Å². The van der Waals surface area contributed by atoms with E-state index in [4.69, 9.17) is 4.74 Å². The van der Waals surface area contributed by atoms with Crippen LogP contribution in [0.2, 0.25) is 0 Å². The molecule has 0 aliphatic rings. The molecule has 2 aromatic rings. The van der Waals surface area contributed by atoms with Crippen molar-refractivity contribution in [2.24, 2.45) is 7.05 Å². The minimum Gasteiger partial charge on any atom is -0.383 e. The van der Waals surface area contributed by atoms with Gasteiger partial charge in [0.1, 0.15) is 5.82 Å². The first-order valence-corrected chi connectivity index (χ1v) is 5.51. The van der Waals surface area contributed by atoms with E-state index in [2.05, 4.69) is 15.4 Å². The van der Waals surface area contributed by atoms with Crippen LogP contribution < -0.4 is 5.32 Å². The maximum absolute atomic E-state index is 5.00. The van der Waals surface area contributed by atoms with Crippen molar-refractivity contribution >= 4 is 5.69 Å². The third-order valence-corrected chi connectivity index (χ3v) is 2.53. The van der Waals surface area contributed by atoms with Crippen LogP contribution in [0.4, 0.5) is 5.69 Å². The van der Waals surface area contributed by atoms with Crippen molar-refractivity contribution in [1.29, 1.82) is 0 Å². The maximum atomic E-state index is 5.00. The van der Waals surface area contributed by atoms with Gasteiger partial charge in [0.2, 0.25) is 0 Å². The third-order valence-electron chi connectivity index (χ3n) is 2.53. The smallest absolute Gasteiger partial charge is 0.127 e. The number of nitrogens with one attached hydrogen (secondary N) is 1. The van der Waals surface area contributed by atoms with Crippen LogP contribution in [-0.4, -0.2) is 33.0 Å². The van der Waals surface area contributed by atoms with Gasteiger partial charge in [-0.25, -0.2) is 4.98 Å². The predicted octanol–water partition coefficient (Wildman–Crippen LogP) is 0.875. The molecule has 92 valence electrons. The summed E-state index contributed by atoms with van der Waals surface area (Å²) in [4.78, 5) is 4.24. The Hall–Kier alpha value is -1.82. The van der Waals surface area contributed by atoms with E-state index in [1.165, 1.54) is 0 Å². The molecule has 2 heterocycles. The van der Waals surface area contributed by atoms with E-state index in [9.17, 15) is 0 Å². The highest BCUT2D eigenvalue weighted by Crippen LogP contribution is 2.06. The fourth-order valence-electron chi connectivity index (χ4n) is 1.51. The first-order chi connectivity index (χ1) is 8.29. The topological polar surface area (TPSA) is 56.9 Å². The van der Waals surface area contributed by atoms with Crippen LogP contribution in [0, 0.1) is 0 Å². The van der Waals surface area contributed by atoms with Gasteiger partial charge in [-0.3, -0.25) is 4.68 Å². The van der Waals surface area contributed by atoms with Gasteiger partial charge in [0.05, 0.1) is 31.6 Å². The molecule has 0 unspecified atom stereocenters. The van der Waals surface area contributed by atoms with E-state index in [0.717, 1.165) is 18.1 Å². The van der Waals surface area contributed by atoms with Crippen molar-refractivity contribution in [2.75, 3.05) is 19.0 Å². The molecule has 0 amide bonds. The highest BCUT2D eigenvalue weighted by molar-refractivity contribution is 5.38. The summed E-state index contributed by atoms with van der Waals surface area (Å²) < 4.78 is 8.83. The molecule has 17 heavy (non-hydrogen) atoms. The van der Waals surface area contributed by atoms with Gasteiger partial charge in [0, 0.05) is 32.7 Å². The minimum absolute atomic E-state index is 0.667. The van der Waals surface area contributed by atoms with Crippen LogP contribution >= 0.6 is 0 Å². The number of nitrogens with zero attached hydrogens (tertiary/aromatic N) is 4. The van der Waals surface area contributed by atoms with Crippen LogP contribution in [0.5, 0.6) is 0 Å². The van der Waals surface area contributed by atoms with Gasteiger partial charge in [0.15, 0.2) is 0 Å². The first-order valence-electron chi connectivity index (χ1n) is 5.51. The zero-order valence-electron chi connectivity index (χ0n) is 10.1. The molecule has 0 bridgehead atoms. The molecule has 0 saturated carbocycles. The van der Waals surface area contributed by atoms with Gasteiger partial charge in [-0.1, -0.05) is 0 Å². The second-order valence-corrected chi connectivity index (χ2v) is 3.79. The van der Waals surface area contributed by atoms with Crippen molar-refractivity contribution in [1.82, 2.24) is 19.3 Å². The normalized spacial score (nSPS) is 10.7. The van der Waals surface area contributed by atoms with Crippen LogP contribution in [0.25, 0.3) is 0 Å². The fraction of sp³-hybridized carbons (Fsp3) is 0.455. The molecule has 0 aromatic carbocycles. The molecule has 0 radical (unpaired) electrons. The zero-order chi connectivity index (χ0) is 12.1. The number of methoxy groups -OCH3 is 1. The standard InChI is InChI=1S/C11H17N5O/c1-15-4-3-12-11(15)8-13-10-7-14-16(9-10)5-6-17-2/h3-4,7,9,13H,5-6,8H2,1-2H3. The molecule has 6 heteroatoms. The average Bonchev–Trinajstić information content (AvgIpc) is 2.93. The summed E-state index contributed by atoms with van der Waals surface area (Å²) in [6, 6.07) is 0. The number of hydrogen-bond donors (Lipinski definition) is 1. The fourth-order valence-corrected chi connectivity index (χ4v) is 1.51. The third kappa shape index (κ3) is 3.07. The molecule has 0 saturated heterocycles. The largest absolute Gasteiger partial charge is 0.383 e. The van der Waals surface area contributed by atoms with Crippen molar-refractivity contribution in [2.45, 2.75) is 13.1 Å². The summed E-state index contributed by atoms with van der Waals surface area (Å²) in [5.41, 5.74) is 0.990. The van der Waals surface area contributed by atoms with E-state index in [-0.39, 0.29) is 0 Å². The minimum atomic E-state index is 0.667. The molecule has 0 fully saturated rings. The Bertz CT molecular complexity index is 462. The van der Waals surface area contributed by atoms with E-state index < -0.39 is 0 Å². The molecule has 1 N–H and O–H groups in total. The van der Waals surface area contributed by atoms with Crippen molar-refractivity contribution in [3.05, 3.63) is 30.6 Å². The summed E-state index contributed by atoms with van der Waals surface area (Å²) in [6.07, 6.45) is 7.48. The highest BCUT2D eigenvalue weighted by atomic mass is 16.5. The van der Waals surface area contributed by atoms with Gasteiger partial charge < -0.3 is 14.6 Å². The lowest BCUT2D eigenvalue weighted by molar-refractivity contribution is 0.183. The number of aryl methyl sites for hydroxylation is 1. The summed E-state index contributed by atoms with van der Waals surface area (Å²) >= 11 is 0. The molecule has 0 spiro atoms. The molecule has 2 aromatic heterocycles. The second-order valence-electron chi connectivity index (χ2n) is 3.79. The van der Waals surface area contributed by atoms with E-state index in [0.29, 0.717) is 13.2 Å². The van der Waals surface area contributed by atoms with Gasteiger partial charge >= 0.3 is 0 Å². The van der Waals surface area contributed by atoms with Gasteiger partial charge in [-0.05, 0) is 0 Å². The monoisotopic (exact) mass is 235 g/mol. The van der Waals surface area contributed by atoms with Crippen molar-refractivity contribution in [3.8, 4) is 0 Å². The lowest BCUT2D eigenvalue weighted by Crippen LogP contribution is -2.06. The second kappa shape index (κ2) is 5.49. The Morgan fingerprint density at radius 2 is 2.35 bits per heavy atom. The van der Waals surface area contributed by atoms with Crippen LogP contribution in [0.1, 0.15) is 5.82 Å². The van der Waals surface area contributed by atoms with Crippen LogP contribution in [0.3, 0.4) is 0 Å². The SMILES string of the molecule is COCCn1cc(NCc2nccn2C)cn1. The van der Waals surface area contributed by atoms with Crippen molar-refractivity contribution in [3.63, 3.8) is 0 Å². The number of imidazole rings is 1. The quantitative estimate of drug-likeness (QED) is 0.807.